The quantitative estimate of drug-likeness (QED) is 0.219. The van der Waals surface area contributed by atoms with Crippen molar-refractivity contribution >= 4 is 81.6 Å². The van der Waals surface area contributed by atoms with Crippen LogP contribution in [0.25, 0.3) is 81.6 Å². The number of furan rings is 1. The van der Waals surface area contributed by atoms with Crippen LogP contribution in [-0.4, -0.2) is 4.40 Å². The Hall–Kier alpha value is -4.56. The maximum Gasteiger partial charge on any atom is 0.161 e. The molecule has 156 valence electrons. The first-order chi connectivity index (χ1) is 16.9. The van der Waals surface area contributed by atoms with E-state index in [0.29, 0.717) is 0 Å². The van der Waals surface area contributed by atoms with Crippen LogP contribution in [0.4, 0.5) is 0 Å². The molecule has 0 aliphatic heterocycles. The van der Waals surface area contributed by atoms with Crippen molar-refractivity contribution in [1.82, 2.24) is 4.40 Å². The van der Waals surface area contributed by atoms with Gasteiger partial charge in [-0.15, -0.1) is 0 Å². The van der Waals surface area contributed by atoms with Gasteiger partial charge in [0.25, 0.3) is 0 Å². The Balaban J connectivity index is 1.86. The van der Waals surface area contributed by atoms with Crippen LogP contribution in [-0.2, 0) is 0 Å². The van der Waals surface area contributed by atoms with Crippen molar-refractivity contribution in [2.45, 2.75) is 0 Å². The molecule has 9 rings (SSSR count). The Morgan fingerprint density at radius 3 is 1.97 bits per heavy atom. The first kappa shape index (κ1) is 17.0. The van der Waals surface area contributed by atoms with E-state index in [-0.39, 0.29) is 0 Å². The van der Waals surface area contributed by atoms with Crippen LogP contribution in [0, 0.1) is 0 Å². The number of nitrogens with zero attached hydrogens (tertiary/aromatic N) is 1. The normalized spacial score (nSPS) is 12.7. The summed E-state index contributed by atoms with van der Waals surface area (Å²) in [4.78, 5) is 0. The van der Waals surface area contributed by atoms with Crippen LogP contribution in [0.1, 0.15) is 0 Å². The fraction of sp³-hybridized carbons (Fsp3) is 0. The van der Waals surface area contributed by atoms with Crippen LogP contribution < -0.4 is 0 Å². The Morgan fingerprint density at radius 1 is 0.441 bits per heavy atom. The Kier molecular flexibility index (Phi) is 2.83. The lowest BCUT2D eigenvalue weighted by molar-refractivity contribution is 0.673. The minimum Gasteiger partial charge on any atom is -0.454 e. The molecule has 0 amide bonds. The molecule has 6 aromatic carbocycles. The van der Waals surface area contributed by atoms with E-state index in [1.807, 2.05) is 0 Å². The van der Waals surface area contributed by atoms with Gasteiger partial charge in [0.05, 0.1) is 16.4 Å². The molecule has 9 aromatic rings. The van der Waals surface area contributed by atoms with Gasteiger partial charge in [0.15, 0.2) is 5.58 Å². The third-order valence-corrected chi connectivity index (χ3v) is 7.68. The summed E-state index contributed by atoms with van der Waals surface area (Å²) >= 11 is 0. The largest absolute Gasteiger partial charge is 0.454 e. The SMILES string of the molecule is c1ccc2c(c1)c1ccccc1c1c2c2cccc3ccc4oc5c6ccccc6n1c5c4c32. The van der Waals surface area contributed by atoms with Crippen LogP contribution in [0.5, 0.6) is 0 Å². The predicted octanol–water partition coefficient (Wildman–Crippen LogP) is 9.04. The van der Waals surface area contributed by atoms with E-state index in [4.69, 9.17) is 4.42 Å². The zero-order valence-corrected chi connectivity index (χ0v) is 18.2. The zero-order chi connectivity index (χ0) is 22.0. The topological polar surface area (TPSA) is 17.6 Å². The summed E-state index contributed by atoms with van der Waals surface area (Å²) in [6.45, 7) is 0. The van der Waals surface area contributed by atoms with E-state index in [9.17, 15) is 0 Å². The van der Waals surface area contributed by atoms with Crippen molar-refractivity contribution in [3.63, 3.8) is 0 Å². The molecule has 0 bridgehead atoms. The molecule has 0 saturated heterocycles. The van der Waals surface area contributed by atoms with Gasteiger partial charge in [-0.05, 0) is 45.1 Å². The van der Waals surface area contributed by atoms with Gasteiger partial charge in [-0.2, -0.15) is 0 Å². The highest BCUT2D eigenvalue weighted by molar-refractivity contribution is 6.38. The minimum absolute atomic E-state index is 0.950. The summed E-state index contributed by atoms with van der Waals surface area (Å²) in [6.07, 6.45) is 0. The van der Waals surface area contributed by atoms with Crippen molar-refractivity contribution in [3.05, 3.63) is 103 Å². The van der Waals surface area contributed by atoms with Gasteiger partial charge in [0.1, 0.15) is 11.1 Å². The Bertz CT molecular complexity index is 2280. The lowest BCUT2D eigenvalue weighted by atomic mass is 9.94. The van der Waals surface area contributed by atoms with E-state index in [0.717, 1.165) is 16.6 Å². The molecule has 3 aromatic heterocycles. The molecule has 0 unspecified atom stereocenters. The van der Waals surface area contributed by atoms with E-state index >= 15 is 0 Å². The second kappa shape index (κ2) is 5.67. The predicted molar refractivity (Wildman–Crippen MR) is 143 cm³/mol. The van der Waals surface area contributed by atoms with Gasteiger partial charge in [0, 0.05) is 21.5 Å². The molecule has 0 spiro atoms. The summed E-state index contributed by atoms with van der Waals surface area (Å²) in [7, 11) is 0. The van der Waals surface area contributed by atoms with Gasteiger partial charge in [-0.3, -0.25) is 0 Å². The molecular formula is C32H17NO. The van der Waals surface area contributed by atoms with Crippen molar-refractivity contribution in [2.75, 3.05) is 0 Å². The van der Waals surface area contributed by atoms with Crippen molar-refractivity contribution < 1.29 is 4.42 Å². The van der Waals surface area contributed by atoms with E-state index < -0.39 is 0 Å². The molecule has 0 saturated carbocycles. The lowest BCUT2D eigenvalue weighted by Crippen LogP contribution is -1.89. The summed E-state index contributed by atoms with van der Waals surface area (Å²) in [5, 5.41) is 12.6. The molecule has 0 atom stereocenters. The Labute approximate surface area is 193 Å². The minimum atomic E-state index is 0.950. The second-order valence-corrected chi connectivity index (χ2v) is 9.29. The first-order valence-corrected chi connectivity index (χ1v) is 11.7. The van der Waals surface area contributed by atoms with Crippen molar-refractivity contribution in [1.29, 1.82) is 0 Å². The molecule has 2 heteroatoms. The highest BCUT2D eigenvalue weighted by Crippen LogP contribution is 2.47. The van der Waals surface area contributed by atoms with E-state index in [1.54, 1.807) is 0 Å². The standard InChI is InChI=1S/C32H17NO/c1-3-11-21-19(9-1)20-10-2-4-12-22(20)30-28(21)24-14-7-8-18-16-17-26-29(27(18)24)31-32(34-26)23-13-5-6-15-25(23)33(30)31/h1-17H. The number of para-hydroxylation sites is 1. The van der Waals surface area contributed by atoms with Crippen LogP contribution in [0.2, 0.25) is 0 Å². The van der Waals surface area contributed by atoms with Gasteiger partial charge in [-0.25, -0.2) is 0 Å². The smallest absolute Gasteiger partial charge is 0.161 e. The van der Waals surface area contributed by atoms with Crippen molar-refractivity contribution in [2.24, 2.45) is 0 Å². The zero-order valence-electron chi connectivity index (χ0n) is 18.2. The molecule has 0 aliphatic rings. The summed E-state index contributed by atoms with van der Waals surface area (Å²) in [6, 6.07) is 37.3. The van der Waals surface area contributed by atoms with Crippen LogP contribution in [0.3, 0.4) is 0 Å². The second-order valence-electron chi connectivity index (χ2n) is 9.29. The summed E-state index contributed by atoms with van der Waals surface area (Å²) in [5.41, 5.74) is 5.52. The highest BCUT2D eigenvalue weighted by Gasteiger charge is 2.24. The highest BCUT2D eigenvalue weighted by atomic mass is 16.3. The maximum absolute atomic E-state index is 6.58. The van der Waals surface area contributed by atoms with Gasteiger partial charge < -0.3 is 8.82 Å². The van der Waals surface area contributed by atoms with Crippen LogP contribution in [0.15, 0.2) is 108 Å². The van der Waals surface area contributed by atoms with Gasteiger partial charge >= 0.3 is 0 Å². The maximum atomic E-state index is 6.58. The molecule has 3 heterocycles. The first-order valence-electron chi connectivity index (χ1n) is 11.7. The number of rotatable bonds is 0. The fourth-order valence-electron chi connectivity index (χ4n) is 6.40. The average molecular weight is 431 g/mol. The molecule has 0 fully saturated rings. The van der Waals surface area contributed by atoms with E-state index in [2.05, 4.69) is 108 Å². The number of hydrogen-bond donors (Lipinski definition) is 0. The third-order valence-electron chi connectivity index (χ3n) is 7.68. The molecule has 34 heavy (non-hydrogen) atoms. The Morgan fingerprint density at radius 2 is 1.12 bits per heavy atom. The molecule has 0 N–H and O–H groups in total. The third kappa shape index (κ3) is 1.79. The average Bonchev–Trinajstić information content (AvgIpc) is 3.38. The summed E-state index contributed by atoms with van der Waals surface area (Å²) < 4.78 is 9.05. The lowest BCUT2D eigenvalue weighted by Gasteiger charge is -2.12. The van der Waals surface area contributed by atoms with Crippen LogP contribution >= 0.6 is 0 Å². The van der Waals surface area contributed by atoms with Gasteiger partial charge in [0.2, 0.25) is 0 Å². The monoisotopic (exact) mass is 431 g/mol. The fourth-order valence-corrected chi connectivity index (χ4v) is 6.40. The molecule has 2 nitrogen and oxygen atoms in total. The number of benzene rings is 6. The van der Waals surface area contributed by atoms with Gasteiger partial charge in [-0.1, -0.05) is 84.9 Å². The summed E-state index contributed by atoms with van der Waals surface area (Å²) in [5.74, 6) is 0. The van der Waals surface area contributed by atoms with Crippen molar-refractivity contribution in [3.8, 4) is 0 Å². The molecule has 0 aliphatic carbocycles. The number of hydrogen-bond acceptors (Lipinski definition) is 1. The number of aromatic nitrogens is 1. The molecule has 0 radical (unpaired) electrons. The number of fused-ring (bicyclic) bond motifs is 11. The van der Waals surface area contributed by atoms with E-state index in [1.165, 1.54) is 65.0 Å². The molecular weight excluding hydrogens is 414 g/mol.